The van der Waals surface area contributed by atoms with Gasteiger partial charge in [0.25, 0.3) is 5.95 Å². The molecule has 104 valence electrons. The van der Waals surface area contributed by atoms with Crippen LogP contribution in [0.2, 0.25) is 0 Å². The number of benzene rings is 1. The van der Waals surface area contributed by atoms with Crippen molar-refractivity contribution < 1.29 is 9.47 Å². The molecule has 0 fully saturated rings. The molecule has 0 bridgehead atoms. The molecule has 0 atom stereocenters. The molecule has 1 aromatic heterocycles. The molecular weight excluding hydrogens is 328 g/mol. The quantitative estimate of drug-likeness (QED) is 0.496. The summed E-state index contributed by atoms with van der Waals surface area (Å²) in [6, 6.07) is 3.66. The third kappa shape index (κ3) is 2.27. The standard InChI is InChI=1S/C11H11BrN6O2/c1-6-15-17-11(18(6)13)16-14-4-7-2-9-10(3-8(7)12)20-5-19-9/h2-4H,5,13H2,1H3,(H,16,17)/b14-4+. The van der Waals surface area contributed by atoms with E-state index in [1.807, 2.05) is 12.1 Å². The van der Waals surface area contributed by atoms with E-state index in [0.29, 0.717) is 23.3 Å². The van der Waals surface area contributed by atoms with Gasteiger partial charge in [-0.05, 0) is 35.0 Å². The Bertz CT molecular complexity index is 684. The number of nitrogens with two attached hydrogens (primary N) is 1. The summed E-state index contributed by atoms with van der Waals surface area (Å²) in [5.41, 5.74) is 3.55. The van der Waals surface area contributed by atoms with Gasteiger partial charge < -0.3 is 15.3 Å². The molecule has 1 aliphatic heterocycles. The number of hydrogen-bond acceptors (Lipinski definition) is 7. The van der Waals surface area contributed by atoms with Crippen molar-refractivity contribution in [3.05, 3.63) is 28.0 Å². The monoisotopic (exact) mass is 338 g/mol. The predicted octanol–water partition coefficient (Wildman–Crippen LogP) is 1.24. The number of hydrazone groups is 1. The summed E-state index contributed by atoms with van der Waals surface area (Å²) in [5, 5.41) is 11.7. The first-order chi connectivity index (χ1) is 9.65. The second-order valence-electron chi connectivity index (χ2n) is 4.04. The van der Waals surface area contributed by atoms with Gasteiger partial charge in [-0.15, -0.1) is 10.2 Å². The fraction of sp³-hybridized carbons (Fsp3) is 0.182. The zero-order chi connectivity index (χ0) is 14.1. The first-order valence-electron chi connectivity index (χ1n) is 5.70. The van der Waals surface area contributed by atoms with Crippen molar-refractivity contribution in [2.45, 2.75) is 6.92 Å². The minimum atomic E-state index is 0.232. The number of fused-ring (bicyclic) bond motifs is 1. The van der Waals surface area contributed by atoms with E-state index in [1.54, 1.807) is 13.1 Å². The number of aryl methyl sites for hydroxylation is 1. The van der Waals surface area contributed by atoms with E-state index >= 15 is 0 Å². The first kappa shape index (κ1) is 12.7. The van der Waals surface area contributed by atoms with Crippen LogP contribution in [0, 0.1) is 6.92 Å². The Labute approximate surface area is 122 Å². The Morgan fingerprint density at radius 2 is 2.15 bits per heavy atom. The van der Waals surface area contributed by atoms with Crippen LogP contribution in [0.15, 0.2) is 21.7 Å². The van der Waals surface area contributed by atoms with Crippen LogP contribution in [0.3, 0.4) is 0 Å². The van der Waals surface area contributed by atoms with Crippen molar-refractivity contribution in [2.75, 3.05) is 18.1 Å². The largest absolute Gasteiger partial charge is 0.454 e. The minimum absolute atomic E-state index is 0.232. The summed E-state index contributed by atoms with van der Waals surface area (Å²) in [6.07, 6.45) is 1.62. The normalized spacial score (nSPS) is 13.1. The lowest BCUT2D eigenvalue weighted by Gasteiger charge is -2.02. The Morgan fingerprint density at radius 1 is 1.40 bits per heavy atom. The van der Waals surface area contributed by atoms with Gasteiger partial charge in [-0.3, -0.25) is 0 Å². The van der Waals surface area contributed by atoms with Crippen LogP contribution < -0.4 is 20.7 Å². The van der Waals surface area contributed by atoms with Gasteiger partial charge in [0.05, 0.1) is 6.21 Å². The molecule has 2 aromatic rings. The van der Waals surface area contributed by atoms with Gasteiger partial charge in [0, 0.05) is 10.0 Å². The number of aromatic nitrogens is 3. The summed E-state index contributed by atoms with van der Waals surface area (Å²) in [4.78, 5) is 0. The van der Waals surface area contributed by atoms with Crippen LogP contribution in [0.4, 0.5) is 5.95 Å². The smallest absolute Gasteiger partial charge is 0.263 e. The zero-order valence-corrected chi connectivity index (χ0v) is 12.1. The maximum atomic E-state index is 5.70. The number of anilines is 1. The van der Waals surface area contributed by atoms with Crippen LogP contribution >= 0.6 is 15.9 Å². The first-order valence-corrected chi connectivity index (χ1v) is 6.50. The Kier molecular flexibility index (Phi) is 3.18. The van der Waals surface area contributed by atoms with Crippen molar-refractivity contribution in [3.63, 3.8) is 0 Å². The zero-order valence-electron chi connectivity index (χ0n) is 10.5. The molecule has 1 aliphatic rings. The third-order valence-electron chi connectivity index (χ3n) is 2.73. The van der Waals surface area contributed by atoms with E-state index < -0.39 is 0 Å². The number of rotatable bonds is 3. The molecule has 0 unspecified atom stereocenters. The fourth-order valence-corrected chi connectivity index (χ4v) is 2.06. The Morgan fingerprint density at radius 3 is 2.85 bits per heavy atom. The average Bonchev–Trinajstić information content (AvgIpc) is 2.99. The molecular formula is C11H11BrN6O2. The van der Waals surface area contributed by atoms with Crippen molar-refractivity contribution in [1.82, 2.24) is 14.9 Å². The van der Waals surface area contributed by atoms with E-state index in [0.717, 1.165) is 10.0 Å². The molecule has 1 aromatic carbocycles. The van der Waals surface area contributed by atoms with Gasteiger partial charge in [-0.25, -0.2) is 10.1 Å². The van der Waals surface area contributed by atoms with E-state index in [-0.39, 0.29) is 6.79 Å². The maximum absolute atomic E-state index is 5.70. The van der Waals surface area contributed by atoms with Crippen LogP contribution in [-0.4, -0.2) is 27.9 Å². The van der Waals surface area contributed by atoms with Gasteiger partial charge in [-0.1, -0.05) is 0 Å². The molecule has 3 N–H and O–H groups in total. The second-order valence-corrected chi connectivity index (χ2v) is 4.89. The highest BCUT2D eigenvalue weighted by atomic mass is 79.9. The van der Waals surface area contributed by atoms with Crippen molar-refractivity contribution in [3.8, 4) is 11.5 Å². The lowest BCUT2D eigenvalue weighted by atomic mass is 10.2. The number of nitrogen functional groups attached to an aromatic ring is 1. The van der Waals surface area contributed by atoms with Gasteiger partial charge in [0.2, 0.25) is 6.79 Å². The van der Waals surface area contributed by atoms with Crippen LogP contribution in [0.1, 0.15) is 11.4 Å². The van der Waals surface area contributed by atoms with Gasteiger partial charge in [0.1, 0.15) is 0 Å². The molecule has 20 heavy (non-hydrogen) atoms. The fourth-order valence-electron chi connectivity index (χ4n) is 1.64. The molecule has 0 radical (unpaired) electrons. The number of nitrogens with one attached hydrogen (secondary N) is 1. The highest BCUT2D eigenvalue weighted by Crippen LogP contribution is 2.36. The number of halogens is 1. The Balaban J connectivity index is 1.78. The molecule has 0 amide bonds. The van der Waals surface area contributed by atoms with E-state index in [4.69, 9.17) is 15.3 Å². The van der Waals surface area contributed by atoms with Crippen molar-refractivity contribution in [1.29, 1.82) is 0 Å². The summed E-state index contributed by atoms with van der Waals surface area (Å²) in [6.45, 7) is 1.98. The second kappa shape index (κ2) is 5.00. The minimum Gasteiger partial charge on any atom is -0.454 e. The van der Waals surface area contributed by atoms with Gasteiger partial charge in [0.15, 0.2) is 17.3 Å². The van der Waals surface area contributed by atoms with Gasteiger partial charge in [-0.2, -0.15) is 5.10 Å². The molecule has 0 aliphatic carbocycles. The summed E-state index contributed by atoms with van der Waals surface area (Å²) >= 11 is 3.44. The third-order valence-corrected chi connectivity index (χ3v) is 3.41. The van der Waals surface area contributed by atoms with E-state index in [1.165, 1.54) is 4.68 Å². The molecule has 0 saturated heterocycles. The lowest BCUT2D eigenvalue weighted by molar-refractivity contribution is 0.174. The summed E-state index contributed by atoms with van der Waals surface area (Å²) < 4.78 is 12.7. The Hall–Kier alpha value is -2.29. The van der Waals surface area contributed by atoms with Gasteiger partial charge >= 0.3 is 0 Å². The summed E-state index contributed by atoms with van der Waals surface area (Å²) in [7, 11) is 0. The highest BCUT2D eigenvalue weighted by Gasteiger charge is 2.15. The van der Waals surface area contributed by atoms with Crippen LogP contribution in [0.5, 0.6) is 11.5 Å². The molecule has 3 rings (SSSR count). The van der Waals surface area contributed by atoms with Crippen molar-refractivity contribution >= 4 is 28.1 Å². The van der Waals surface area contributed by atoms with E-state index in [2.05, 4.69) is 36.7 Å². The lowest BCUT2D eigenvalue weighted by Crippen LogP contribution is -2.13. The SMILES string of the molecule is Cc1nnc(N/N=C/c2cc3c(cc2Br)OCO3)n1N. The molecule has 0 spiro atoms. The topological polar surface area (TPSA) is 99.6 Å². The predicted molar refractivity (Wildman–Crippen MR) is 76.4 cm³/mol. The summed E-state index contributed by atoms with van der Waals surface area (Å²) in [5.74, 6) is 8.04. The van der Waals surface area contributed by atoms with Crippen LogP contribution in [-0.2, 0) is 0 Å². The number of nitrogens with zero attached hydrogens (tertiary/aromatic N) is 4. The average molecular weight is 339 g/mol. The number of ether oxygens (including phenoxy) is 2. The number of hydrogen-bond donors (Lipinski definition) is 2. The highest BCUT2D eigenvalue weighted by molar-refractivity contribution is 9.10. The molecule has 8 nitrogen and oxygen atoms in total. The molecule has 9 heteroatoms. The maximum Gasteiger partial charge on any atom is 0.263 e. The van der Waals surface area contributed by atoms with Crippen molar-refractivity contribution in [2.24, 2.45) is 5.10 Å². The van der Waals surface area contributed by atoms with E-state index in [9.17, 15) is 0 Å². The van der Waals surface area contributed by atoms with Crippen LogP contribution in [0.25, 0.3) is 0 Å². The molecule has 0 saturated carbocycles. The molecule has 2 heterocycles.